The highest BCUT2D eigenvalue weighted by Gasteiger charge is 2.17. The zero-order valence-corrected chi connectivity index (χ0v) is 12.9. The maximum atomic E-state index is 3.73. The molecular formula is C20H25N. The van der Waals surface area contributed by atoms with Crippen molar-refractivity contribution in [3.05, 3.63) is 60.2 Å². The van der Waals surface area contributed by atoms with Gasteiger partial charge in [0.2, 0.25) is 0 Å². The van der Waals surface area contributed by atoms with E-state index in [1.54, 1.807) is 0 Å². The second-order valence-electron chi connectivity index (χ2n) is 6.41. The summed E-state index contributed by atoms with van der Waals surface area (Å²) in [6.07, 6.45) is 5.46. The smallest absolute Gasteiger partial charge is 0.0208 e. The lowest BCUT2D eigenvalue weighted by molar-refractivity contribution is 0.300. The van der Waals surface area contributed by atoms with Gasteiger partial charge in [-0.1, -0.05) is 74.4 Å². The second-order valence-corrected chi connectivity index (χ2v) is 6.41. The molecule has 0 radical (unpaired) electrons. The van der Waals surface area contributed by atoms with E-state index in [0.717, 1.165) is 12.5 Å². The molecule has 0 amide bonds. The van der Waals surface area contributed by atoms with Crippen LogP contribution in [-0.2, 0) is 6.54 Å². The van der Waals surface area contributed by atoms with Gasteiger partial charge in [0.25, 0.3) is 0 Å². The standard InChI is InChI=1S/C20H25N/c1-16-6-5-9-20(14-16)21-15-17-10-12-19(13-11-17)18-7-3-2-4-8-18/h2-4,7-8,10-13,16,20-21H,5-6,9,14-15H2,1H3. The van der Waals surface area contributed by atoms with Crippen LogP contribution in [0.25, 0.3) is 11.1 Å². The van der Waals surface area contributed by atoms with Crippen molar-refractivity contribution in [2.75, 3.05) is 0 Å². The first-order chi connectivity index (χ1) is 10.3. The minimum Gasteiger partial charge on any atom is -0.310 e. The summed E-state index contributed by atoms with van der Waals surface area (Å²) in [4.78, 5) is 0. The summed E-state index contributed by atoms with van der Waals surface area (Å²) < 4.78 is 0. The van der Waals surface area contributed by atoms with E-state index in [0.29, 0.717) is 6.04 Å². The number of benzene rings is 2. The first-order valence-corrected chi connectivity index (χ1v) is 8.19. The zero-order valence-electron chi connectivity index (χ0n) is 12.9. The lowest BCUT2D eigenvalue weighted by Crippen LogP contribution is -2.33. The van der Waals surface area contributed by atoms with Gasteiger partial charge < -0.3 is 5.32 Å². The van der Waals surface area contributed by atoms with E-state index in [2.05, 4.69) is 66.8 Å². The molecule has 2 unspecified atom stereocenters. The van der Waals surface area contributed by atoms with E-state index in [1.165, 1.54) is 42.4 Å². The molecule has 1 saturated carbocycles. The fourth-order valence-electron chi connectivity index (χ4n) is 3.33. The molecule has 1 heteroatoms. The lowest BCUT2D eigenvalue weighted by atomic mass is 9.87. The van der Waals surface area contributed by atoms with Crippen LogP contribution < -0.4 is 5.32 Å². The van der Waals surface area contributed by atoms with Gasteiger partial charge in [0, 0.05) is 12.6 Å². The molecule has 0 aliphatic heterocycles. The quantitative estimate of drug-likeness (QED) is 0.828. The van der Waals surface area contributed by atoms with Gasteiger partial charge in [0.15, 0.2) is 0 Å². The van der Waals surface area contributed by atoms with Crippen LogP contribution in [0.15, 0.2) is 54.6 Å². The summed E-state index contributed by atoms with van der Waals surface area (Å²) >= 11 is 0. The molecule has 1 fully saturated rings. The van der Waals surface area contributed by atoms with E-state index in [4.69, 9.17) is 0 Å². The third-order valence-electron chi connectivity index (χ3n) is 4.59. The van der Waals surface area contributed by atoms with Gasteiger partial charge in [-0.2, -0.15) is 0 Å². The molecule has 1 aliphatic carbocycles. The maximum absolute atomic E-state index is 3.73. The van der Waals surface area contributed by atoms with Gasteiger partial charge in [-0.05, 0) is 35.4 Å². The number of nitrogens with one attached hydrogen (secondary N) is 1. The largest absolute Gasteiger partial charge is 0.310 e. The minimum atomic E-state index is 0.711. The van der Waals surface area contributed by atoms with Crippen molar-refractivity contribution >= 4 is 0 Å². The third kappa shape index (κ3) is 3.95. The Morgan fingerprint density at radius 2 is 1.62 bits per heavy atom. The molecule has 3 rings (SSSR count). The van der Waals surface area contributed by atoms with Crippen molar-refractivity contribution in [3.63, 3.8) is 0 Å². The molecule has 2 aromatic rings. The molecule has 21 heavy (non-hydrogen) atoms. The predicted octanol–water partition coefficient (Wildman–Crippen LogP) is 5.02. The molecular weight excluding hydrogens is 254 g/mol. The van der Waals surface area contributed by atoms with Crippen LogP contribution in [0.1, 0.15) is 38.2 Å². The summed E-state index contributed by atoms with van der Waals surface area (Å²) in [6, 6.07) is 20.3. The molecule has 0 bridgehead atoms. The Labute approximate surface area is 128 Å². The maximum Gasteiger partial charge on any atom is 0.0208 e. The summed E-state index contributed by atoms with van der Waals surface area (Å²) in [5.74, 6) is 0.886. The second kappa shape index (κ2) is 6.91. The van der Waals surface area contributed by atoms with Gasteiger partial charge in [0.1, 0.15) is 0 Å². The van der Waals surface area contributed by atoms with Crippen LogP contribution >= 0.6 is 0 Å². The van der Waals surface area contributed by atoms with E-state index >= 15 is 0 Å². The van der Waals surface area contributed by atoms with Gasteiger partial charge in [-0.15, -0.1) is 0 Å². The number of rotatable bonds is 4. The van der Waals surface area contributed by atoms with Crippen molar-refractivity contribution in [2.45, 2.75) is 45.2 Å². The third-order valence-corrected chi connectivity index (χ3v) is 4.59. The van der Waals surface area contributed by atoms with Crippen molar-refractivity contribution in [3.8, 4) is 11.1 Å². The minimum absolute atomic E-state index is 0.711. The molecule has 0 heterocycles. The van der Waals surface area contributed by atoms with Crippen LogP contribution in [0.5, 0.6) is 0 Å². The van der Waals surface area contributed by atoms with Crippen LogP contribution in [0.4, 0.5) is 0 Å². The lowest BCUT2D eigenvalue weighted by Gasteiger charge is -2.27. The summed E-state index contributed by atoms with van der Waals surface area (Å²) in [7, 11) is 0. The van der Waals surface area contributed by atoms with Crippen molar-refractivity contribution in [1.82, 2.24) is 5.32 Å². The molecule has 0 spiro atoms. The van der Waals surface area contributed by atoms with E-state index in [1.807, 2.05) is 0 Å². The SMILES string of the molecule is CC1CCCC(NCc2ccc(-c3ccccc3)cc2)C1. The Bertz CT molecular complexity index is 544. The topological polar surface area (TPSA) is 12.0 Å². The van der Waals surface area contributed by atoms with Crippen molar-refractivity contribution in [2.24, 2.45) is 5.92 Å². The zero-order chi connectivity index (χ0) is 14.5. The van der Waals surface area contributed by atoms with Gasteiger partial charge >= 0.3 is 0 Å². The Hall–Kier alpha value is -1.60. The molecule has 1 N–H and O–H groups in total. The Balaban J connectivity index is 1.57. The van der Waals surface area contributed by atoms with Gasteiger partial charge in [-0.3, -0.25) is 0 Å². The molecule has 2 aromatic carbocycles. The molecule has 0 saturated heterocycles. The van der Waals surface area contributed by atoms with Crippen LogP contribution in [0.2, 0.25) is 0 Å². The van der Waals surface area contributed by atoms with E-state index in [9.17, 15) is 0 Å². The van der Waals surface area contributed by atoms with Crippen molar-refractivity contribution < 1.29 is 0 Å². The molecule has 110 valence electrons. The van der Waals surface area contributed by atoms with Gasteiger partial charge in [-0.25, -0.2) is 0 Å². The summed E-state index contributed by atoms with van der Waals surface area (Å²) in [5, 5.41) is 3.73. The highest BCUT2D eigenvalue weighted by molar-refractivity contribution is 5.63. The molecule has 1 aliphatic rings. The predicted molar refractivity (Wildman–Crippen MR) is 90.1 cm³/mol. The Morgan fingerprint density at radius 1 is 0.905 bits per heavy atom. The monoisotopic (exact) mass is 279 g/mol. The van der Waals surface area contributed by atoms with Crippen LogP contribution in [-0.4, -0.2) is 6.04 Å². The van der Waals surface area contributed by atoms with Crippen LogP contribution in [0.3, 0.4) is 0 Å². The summed E-state index contributed by atoms with van der Waals surface area (Å²) in [5.41, 5.74) is 3.97. The fourth-order valence-corrected chi connectivity index (χ4v) is 3.33. The molecule has 1 nitrogen and oxygen atoms in total. The average Bonchev–Trinajstić information content (AvgIpc) is 2.54. The Kier molecular flexibility index (Phi) is 4.72. The average molecular weight is 279 g/mol. The number of hydrogen-bond acceptors (Lipinski definition) is 1. The first-order valence-electron chi connectivity index (χ1n) is 8.19. The van der Waals surface area contributed by atoms with E-state index in [-0.39, 0.29) is 0 Å². The highest BCUT2D eigenvalue weighted by Crippen LogP contribution is 2.24. The molecule has 2 atom stereocenters. The highest BCUT2D eigenvalue weighted by atomic mass is 14.9. The van der Waals surface area contributed by atoms with Crippen molar-refractivity contribution in [1.29, 1.82) is 0 Å². The normalized spacial score (nSPS) is 22.1. The number of hydrogen-bond donors (Lipinski definition) is 1. The van der Waals surface area contributed by atoms with E-state index < -0.39 is 0 Å². The molecule has 0 aromatic heterocycles. The van der Waals surface area contributed by atoms with Crippen LogP contribution in [0, 0.1) is 5.92 Å². The Morgan fingerprint density at radius 3 is 2.33 bits per heavy atom. The summed E-state index contributed by atoms with van der Waals surface area (Å²) in [6.45, 7) is 3.37. The fraction of sp³-hybridized carbons (Fsp3) is 0.400. The first kappa shape index (κ1) is 14.3. The van der Waals surface area contributed by atoms with Gasteiger partial charge in [0.05, 0.1) is 0 Å².